The minimum Gasteiger partial charge on any atom is -0.456 e. The Morgan fingerprint density at radius 3 is 2.69 bits per heavy atom. The van der Waals surface area contributed by atoms with Crippen LogP contribution in [0.4, 0.5) is 0 Å². The summed E-state index contributed by atoms with van der Waals surface area (Å²) in [4.78, 5) is 22.9. The molecule has 6 heteroatoms. The smallest absolute Gasteiger partial charge is 0.253 e. The van der Waals surface area contributed by atoms with Crippen LogP contribution < -0.4 is 4.74 Å². The van der Waals surface area contributed by atoms with Crippen molar-refractivity contribution in [3.63, 3.8) is 0 Å². The van der Waals surface area contributed by atoms with E-state index in [4.69, 9.17) is 4.74 Å². The first-order valence-corrected chi connectivity index (χ1v) is 8.74. The summed E-state index contributed by atoms with van der Waals surface area (Å²) in [6.07, 6.45) is 11.0. The van der Waals surface area contributed by atoms with E-state index in [1.807, 2.05) is 53.8 Å². The Hall–Kier alpha value is -3.15. The number of carbonyl (C=O) groups excluding carboxylic acids is 1. The second-order valence-corrected chi connectivity index (χ2v) is 6.37. The Bertz CT molecular complexity index is 847. The molecule has 1 aliphatic heterocycles. The number of piperidine rings is 1. The number of hydrogen-bond acceptors (Lipinski definition) is 4. The van der Waals surface area contributed by atoms with Crippen LogP contribution in [0.3, 0.4) is 0 Å². The van der Waals surface area contributed by atoms with Gasteiger partial charge in [-0.2, -0.15) is 0 Å². The highest BCUT2D eigenvalue weighted by atomic mass is 16.5. The van der Waals surface area contributed by atoms with E-state index in [9.17, 15) is 4.79 Å². The van der Waals surface area contributed by atoms with E-state index in [1.165, 1.54) is 0 Å². The van der Waals surface area contributed by atoms with Crippen molar-refractivity contribution >= 4 is 5.91 Å². The molecule has 26 heavy (non-hydrogen) atoms. The number of ether oxygens (including phenoxy) is 1. The second kappa shape index (κ2) is 7.39. The number of hydrogen-bond donors (Lipinski definition) is 0. The highest BCUT2D eigenvalue weighted by Crippen LogP contribution is 2.24. The average Bonchev–Trinajstić information content (AvgIpc) is 3.24. The van der Waals surface area contributed by atoms with Gasteiger partial charge in [0.25, 0.3) is 5.91 Å². The van der Waals surface area contributed by atoms with Crippen LogP contribution in [0.5, 0.6) is 11.5 Å². The number of benzene rings is 1. The normalized spacial score (nSPS) is 17.1. The van der Waals surface area contributed by atoms with Crippen LogP contribution in [-0.4, -0.2) is 38.4 Å². The monoisotopic (exact) mass is 348 g/mol. The Morgan fingerprint density at radius 2 is 1.96 bits per heavy atom. The van der Waals surface area contributed by atoms with Gasteiger partial charge in [0.05, 0.1) is 18.6 Å². The fraction of sp³-hybridized carbons (Fsp3) is 0.250. The van der Waals surface area contributed by atoms with Crippen LogP contribution in [-0.2, 0) is 0 Å². The molecule has 1 fully saturated rings. The number of nitrogens with zero attached hydrogens (tertiary/aromatic N) is 4. The molecular weight excluding hydrogens is 328 g/mol. The van der Waals surface area contributed by atoms with Gasteiger partial charge in [0.15, 0.2) is 0 Å². The van der Waals surface area contributed by atoms with Crippen molar-refractivity contribution < 1.29 is 9.53 Å². The highest BCUT2D eigenvalue weighted by Gasteiger charge is 2.25. The van der Waals surface area contributed by atoms with Gasteiger partial charge in [0.2, 0.25) is 0 Å². The summed E-state index contributed by atoms with van der Waals surface area (Å²) in [5.74, 6) is 1.41. The number of likely N-dealkylation sites (tertiary alicyclic amines) is 1. The zero-order chi connectivity index (χ0) is 17.8. The molecule has 3 heterocycles. The number of amides is 1. The molecule has 1 amide bonds. The van der Waals surface area contributed by atoms with Crippen LogP contribution in [0.2, 0.25) is 0 Å². The third-order valence-electron chi connectivity index (χ3n) is 4.60. The van der Waals surface area contributed by atoms with E-state index in [2.05, 4.69) is 14.5 Å². The lowest BCUT2D eigenvalue weighted by Gasteiger charge is -2.33. The van der Waals surface area contributed by atoms with Crippen LogP contribution >= 0.6 is 0 Å². The molecule has 2 aromatic heterocycles. The fourth-order valence-corrected chi connectivity index (χ4v) is 3.26. The molecule has 0 saturated carbocycles. The summed E-state index contributed by atoms with van der Waals surface area (Å²) in [6.45, 7) is 1.50. The van der Waals surface area contributed by atoms with E-state index < -0.39 is 0 Å². The van der Waals surface area contributed by atoms with E-state index in [1.54, 1.807) is 18.6 Å². The van der Waals surface area contributed by atoms with Crippen molar-refractivity contribution in [3.8, 4) is 11.5 Å². The number of pyridine rings is 1. The predicted molar refractivity (Wildman–Crippen MR) is 97.2 cm³/mol. The molecule has 132 valence electrons. The first-order chi connectivity index (χ1) is 12.8. The molecule has 1 aliphatic rings. The third kappa shape index (κ3) is 3.59. The molecule has 0 radical (unpaired) electrons. The molecule has 0 bridgehead atoms. The SMILES string of the molecule is O=C(c1ccc(Oc2cccnc2)cc1)N1CCC[C@H](n2ccnc2)C1. The molecule has 4 rings (SSSR count). The number of imidazole rings is 1. The fourth-order valence-electron chi connectivity index (χ4n) is 3.26. The zero-order valence-corrected chi connectivity index (χ0v) is 14.4. The van der Waals surface area contributed by atoms with Gasteiger partial charge in [-0.15, -0.1) is 0 Å². The summed E-state index contributed by atoms with van der Waals surface area (Å²) in [5.41, 5.74) is 0.676. The molecule has 0 spiro atoms. The average molecular weight is 348 g/mol. The van der Waals surface area contributed by atoms with Crippen LogP contribution in [0, 0.1) is 0 Å². The maximum atomic E-state index is 12.8. The largest absolute Gasteiger partial charge is 0.456 e. The van der Waals surface area contributed by atoms with E-state index in [0.29, 0.717) is 29.6 Å². The first kappa shape index (κ1) is 16.3. The quantitative estimate of drug-likeness (QED) is 0.723. The lowest BCUT2D eigenvalue weighted by Crippen LogP contribution is -2.40. The lowest BCUT2D eigenvalue weighted by molar-refractivity contribution is 0.0679. The summed E-state index contributed by atoms with van der Waals surface area (Å²) < 4.78 is 7.81. The highest BCUT2D eigenvalue weighted by molar-refractivity contribution is 5.94. The summed E-state index contributed by atoms with van der Waals surface area (Å²) in [5, 5.41) is 0. The number of rotatable bonds is 4. The topological polar surface area (TPSA) is 60.2 Å². The van der Waals surface area contributed by atoms with Crippen molar-refractivity contribution in [2.24, 2.45) is 0 Å². The zero-order valence-electron chi connectivity index (χ0n) is 14.4. The standard InChI is InChI=1S/C20H20N4O2/c25-20(23-11-2-3-17(14-23)24-12-10-22-15-24)16-5-7-18(8-6-16)26-19-4-1-9-21-13-19/h1,4-10,12-13,15,17H,2-3,11,14H2/t17-/m0/s1. The van der Waals surface area contributed by atoms with Crippen molar-refractivity contribution in [2.45, 2.75) is 18.9 Å². The van der Waals surface area contributed by atoms with Crippen LogP contribution in [0.15, 0.2) is 67.5 Å². The van der Waals surface area contributed by atoms with Crippen LogP contribution in [0.1, 0.15) is 29.2 Å². The van der Waals surface area contributed by atoms with Crippen LogP contribution in [0.25, 0.3) is 0 Å². The van der Waals surface area contributed by atoms with Crippen molar-refractivity contribution in [1.82, 2.24) is 19.4 Å². The molecule has 1 saturated heterocycles. The Balaban J connectivity index is 1.43. The minimum atomic E-state index is 0.0581. The second-order valence-electron chi connectivity index (χ2n) is 6.37. The van der Waals surface area contributed by atoms with Crippen molar-refractivity contribution in [2.75, 3.05) is 13.1 Å². The molecular formula is C20H20N4O2. The molecule has 1 atom stereocenters. The van der Waals surface area contributed by atoms with Gasteiger partial charge < -0.3 is 14.2 Å². The number of carbonyl (C=O) groups is 1. The Labute approximate surface area is 152 Å². The van der Waals surface area contributed by atoms with Crippen molar-refractivity contribution in [3.05, 3.63) is 73.1 Å². The molecule has 0 aliphatic carbocycles. The van der Waals surface area contributed by atoms with E-state index in [0.717, 1.165) is 19.4 Å². The maximum Gasteiger partial charge on any atom is 0.253 e. The van der Waals surface area contributed by atoms with Gasteiger partial charge in [0, 0.05) is 37.2 Å². The molecule has 0 unspecified atom stereocenters. The van der Waals surface area contributed by atoms with Gasteiger partial charge in [-0.3, -0.25) is 9.78 Å². The van der Waals surface area contributed by atoms with E-state index >= 15 is 0 Å². The molecule has 6 nitrogen and oxygen atoms in total. The van der Waals surface area contributed by atoms with Gasteiger partial charge in [0.1, 0.15) is 11.5 Å². The van der Waals surface area contributed by atoms with E-state index in [-0.39, 0.29) is 5.91 Å². The number of aromatic nitrogens is 3. The van der Waals surface area contributed by atoms with Gasteiger partial charge in [-0.05, 0) is 49.2 Å². The lowest BCUT2D eigenvalue weighted by atomic mass is 10.0. The summed E-state index contributed by atoms with van der Waals surface area (Å²) in [6, 6.07) is 11.2. The summed E-state index contributed by atoms with van der Waals surface area (Å²) in [7, 11) is 0. The molecule has 1 aromatic carbocycles. The van der Waals surface area contributed by atoms with Gasteiger partial charge in [-0.25, -0.2) is 4.98 Å². The molecule has 3 aromatic rings. The summed E-state index contributed by atoms with van der Waals surface area (Å²) >= 11 is 0. The minimum absolute atomic E-state index is 0.0581. The van der Waals surface area contributed by atoms with Gasteiger partial charge >= 0.3 is 0 Å². The Morgan fingerprint density at radius 1 is 1.08 bits per heavy atom. The Kier molecular flexibility index (Phi) is 4.64. The van der Waals surface area contributed by atoms with Crippen molar-refractivity contribution in [1.29, 1.82) is 0 Å². The molecule has 0 N–H and O–H groups in total. The third-order valence-corrected chi connectivity index (χ3v) is 4.60. The van der Waals surface area contributed by atoms with Gasteiger partial charge in [-0.1, -0.05) is 0 Å². The predicted octanol–water partition coefficient (Wildman–Crippen LogP) is 3.55. The maximum absolute atomic E-state index is 12.8. The first-order valence-electron chi connectivity index (χ1n) is 8.74.